The topological polar surface area (TPSA) is 65.4 Å². The minimum Gasteiger partial charge on any atom is -0.491 e. The first-order valence-electron chi connectivity index (χ1n) is 12.0. The molecule has 0 saturated carbocycles. The molecule has 6 heteroatoms. The zero-order valence-electron chi connectivity index (χ0n) is 19.6. The quantitative estimate of drug-likeness (QED) is 0.373. The number of carbonyl (C=O) groups excluding carboxylic acids is 1. The minimum atomic E-state index is -0.0973. The van der Waals surface area contributed by atoms with E-state index in [2.05, 4.69) is 34.7 Å². The van der Waals surface area contributed by atoms with Crippen LogP contribution in [0.4, 0.5) is 0 Å². The Labute approximate surface area is 205 Å². The van der Waals surface area contributed by atoms with Gasteiger partial charge >= 0.3 is 0 Å². The summed E-state index contributed by atoms with van der Waals surface area (Å²) in [5, 5.41) is 7.31. The standard InChI is InChI=1S/C29H29N3O3/c33-29(30-19-22-10-14-25(15-11-22)35-21-26-5-3-18-34-26)28-7-2-1-6-27(28)24-12-8-23(9-13-24)20-32-17-4-16-31-32/h1-2,4,6-17,26H,3,5,18-21H2,(H,30,33). The molecule has 1 fully saturated rings. The van der Waals surface area contributed by atoms with Gasteiger partial charge in [-0.3, -0.25) is 9.48 Å². The van der Waals surface area contributed by atoms with Gasteiger partial charge < -0.3 is 14.8 Å². The summed E-state index contributed by atoms with van der Waals surface area (Å²) in [4.78, 5) is 13.0. The van der Waals surface area contributed by atoms with Crippen LogP contribution in [0.3, 0.4) is 0 Å². The second-order valence-electron chi connectivity index (χ2n) is 8.72. The zero-order chi connectivity index (χ0) is 23.9. The lowest BCUT2D eigenvalue weighted by molar-refractivity contribution is 0.0679. The molecule has 1 N–H and O–H groups in total. The molecular weight excluding hydrogens is 438 g/mol. The third kappa shape index (κ3) is 5.97. The molecule has 0 bridgehead atoms. The average Bonchev–Trinajstić information content (AvgIpc) is 3.62. The molecule has 0 radical (unpaired) electrons. The fourth-order valence-corrected chi connectivity index (χ4v) is 4.25. The number of hydrogen-bond acceptors (Lipinski definition) is 4. The van der Waals surface area contributed by atoms with Gasteiger partial charge in [-0.1, -0.05) is 54.6 Å². The van der Waals surface area contributed by atoms with Crippen LogP contribution < -0.4 is 10.1 Å². The van der Waals surface area contributed by atoms with Crippen molar-refractivity contribution in [3.05, 3.63) is 108 Å². The molecule has 1 atom stereocenters. The Hall–Kier alpha value is -3.90. The third-order valence-electron chi connectivity index (χ3n) is 6.18. The number of aromatic nitrogens is 2. The van der Waals surface area contributed by atoms with Crippen LogP contribution in [0.15, 0.2) is 91.3 Å². The van der Waals surface area contributed by atoms with Crippen molar-refractivity contribution in [3.63, 3.8) is 0 Å². The van der Waals surface area contributed by atoms with Gasteiger partial charge in [-0.25, -0.2) is 0 Å². The maximum absolute atomic E-state index is 13.0. The molecule has 1 amide bonds. The maximum atomic E-state index is 13.0. The van der Waals surface area contributed by atoms with E-state index >= 15 is 0 Å². The van der Waals surface area contributed by atoms with Crippen molar-refractivity contribution in [2.45, 2.75) is 32.0 Å². The lowest BCUT2D eigenvalue weighted by atomic mass is 9.98. The molecule has 6 nitrogen and oxygen atoms in total. The van der Waals surface area contributed by atoms with Crippen LogP contribution in [0.5, 0.6) is 5.75 Å². The summed E-state index contributed by atoms with van der Waals surface area (Å²) >= 11 is 0. The van der Waals surface area contributed by atoms with E-state index in [1.165, 1.54) is 0 Å². The molecule has 2 heterocycles. The highest BCUT2D eigenvalue weighted by molar-refractivity contribution is 6.00. The van der Waals surface area contributed by atoms with E-state index in [1.807, 2.05) is 65.5 Å². The van der Waals surface area contributed by atoms with Crippen molar-refractivity contribution in [1.29, 1.82) is 0 Å². The molecule has 1 aromatic heterocycles. The van der Waals surface area contributed by atoms with Gasteiger partial charge in [0.1, 0.15) is 12.4 Å². The first-order chi connectivity index (χ1) is 17.2. The number of rotatable bonds is 9. The molecule has 1 unspecified atom stereocenters. The van der Waals surface area contributed by atoms with E-state index < -0.39 is 0 Å². The Balaban J connectivity index is 1.19. The zero-order valence-corrected chi connectivity index (χ0v) is 19.6. The van der Waals surface area contributed by atoms with Crippen molar-refractivity contribution < 1.29 is 14.3 Å². The Bertz CT molecular complexity index is 1230. The Morgan fingerprint density at radius 3 is 2.54 bits per heavy atom. The molecule has 1 aliphatic heterocycles. The molecule has 1 saturated heterocycles. The third-order valence-corrected chi connectivity index (χ3v) is 6.18. The highest BCUT2D eigenvalue weighted by Crippen LogP contribution is 2.24. The van der Waals surface area contributed by atoms with Gasteiger partial charge in [0.2, 0.25) is 0 Å². The summed E-state index contributed by atoms with van der Waals surface area (Å²) in [6.45, 7) is 2.57. The fraction of sp³-hybridized carbons (Fsp3) is 0.241. The lowest BCUT2D eigenvalue weighted by Gasteiger charge is -2.13. The van der Waals surface area contributed by atoms with Crippen LogP contribution in [0, 0.1) is 0 Å². The van der Waals surface area contributed by atoms with Gasteiger partial charge in [-0.15, -0.1) is 0 Å². The van der Waals surface area contributed by atoms with Crippen LogP contribution in [0.25, 0.3) is 11.1 Å². The van der Waals surface area contributed by atoms with Crippen molar-refractivity contribution in [3.8, 4) is 16.9 Å². The highest BCUT2D eigenvalue weighted by atomic mass is 16.5. The second kappa shape index (κ2) is 11.0. The van der Waals surface area contributed by atoms with E-state index in [0.717, 1.165) is 47.5 Å². The van der Waals surface area contributed by atoms with Crippen LogP contribution >= 0.6 is 0 Å². The molecule has 0 spiro atoms. The SMILES string of the molecule is O=C(NCc1ccc(OCC2CCCO2)cc1)c1ccccc1-c1ccc(Cn2cccn2)cc1. The van der Waals surface area contributed by atoms with E-state index in [4.69, 9.17) is 9.47 Å². The summed E-state index contributed by atoms with van der Waals surface area (Å²) in [6.07, 6.45) is 6.08. The Kier molecular flexibility index (Phi) is 7.20. The van der Waals surface area contributed by atoms with Crippen LogP contribution in [-0.4, -0.2) is 35.0 Å². The summed E-state index contributed by atoms with van der Waals surface area (Å²) < 4.78 is 13.3. The summed E-state index contributed by atoms with van der Waals surface area (Å²) in [5.74, 6) is 0.719. The monoisotopic (exact) mass is 467 g/mol. The van der Waals surface area contributed by atoms with Crippen molar-refractivity contribution in [2.75, 3.05) is 13.2 Å². The first kappa shape index (κ1) is 22.9. The maximum Gasteiger partial charge on any atom is 0.252 e. The number of ether oxygens (including phenoxy) is 2. The second-order valence-corrected chi connectivity index (χ2v) is 8.72. The number of benzene rings is 3. The molecular formula is C29H29N3O3. The predicted molar refractivity (Wildman–Crippen MR) is 135 cm³/mol. The summed E-state index contributed by atoms with van der Waals surface area (Å²) in [7, 11) is 0. The molecule has 3 aromatic carbocycles. The lowest BCUT2D eigenvalue weighted by Crippen LogP contribution is -2.23. The van der Waals surface area contributed by atoms with Crippen molar-refractivity contribution in [1.82, 2.24) is 15.1 Å². The Morgan fingerprint density at radius 2 is 1.80 bits per heavy atom. The normalized spacial score (nSPS) is 15.1. The summed E-state index contributed by atoms with van der Waals surface area (Å²) in [6, 6.07) is 25.7. The van der Waals surface area contributed by atoms with Crippen molar-refractivity contribution >= 4 is 5.91 Å². The van der Waals surface area contributed by atoms with Gasteiger partial charge in [-0.05, 0) is 59.4 Å². The van der Waals surface area contributed by atoms with Crippen LogP contribution in [0.2, 0.25) is 0 Å². The molecule has 0 aliphatic carbocycles. The Morgan fingerprint density at radius 1 is 1.00 bits per heavy atom. The minimum absolute atomic E-state index is 0.0973. The number of nitrogens with zero attached hydrogens (tertiary/aromatic N) is 2. The van der Waals surface area contributed by atoms with Gasteiger partial charge in [0, 0.05) is 31.1 Å². The molecule has 1 aliphatic rings. The average molecular weight is 468 g/mol. The largest absolute Gasteiger partial charge is 0.491 e. The predicted octanol–water partition coefficient (Wildman–Crippen LogP) is 5.09. The molecule has 4 aromatic rings. The molecule has 178 valence electrons. The molecule has 35 heavy (non-hydrogen) atoms. The number of carbonyl (C=O) groups is 1. The van der Waals surface area contributed by atoms with Gasteiger partial charge in [0.15, 0.2) is 0 Å². The van der Waals surface area contributed by atoms with Gasteiger partial charge in [0.25, 0.3) is 5.91 Å². The number of amides is 1. The van der Waals surface area contributed by atoms with Crippen LogP contribution in [0.1, 0.15) is 34.3 Å². The highest BCUT2D eigenvalue weighted by Gasteiger charge is 2.16. The van der Waals surface area contributed by atoms with E-state index in [0.29, 0.717) is 25.3 Å². The summed E-state index contributed by atoms with van der Waals surface area (Å²) in [5.41, 5.74) is 4.75. The van der Waals surface area contributed by atoms with Gasteiger partial charge in [-0.2, -0.15) is 5.10 Å². The van der Waals surface area contributed by atoms with E-state index in [9.17, 15) is 4.79 Å². The van der Waals surface area contributed by atoms with Crippen molar-refractivity contribution in [2.24, 2.45) is 0 Å². The fourth-order valence-electron chi connectivity index (χ4n) is 4.25. The molecule has 5 rings (SSSR count). The van der Waals surface area contributed by atoms with Gasteiger partial charge in [0.05, 0.1) is 12.6 Å². The smallest absolute Gasteiger partial charge is 0.252 e. The van der Waals surface area contributed by atoms with Crippen LogP contribution in [-0.2, 0) is 17.8 Å². The number of hydrogen-bond donors (Lipinski definition) is 1. The number of nitrogens with one attached hydrogen (secondary N) is 1. The van der Waals surface area contributed by atoms with E-state index in [1.54, 1.807) is 6.20 Å². The first-order valence-corrected chi connectivity index (χ1v) is 12.0. The van der Waals surface area contributed by atoms with E-state index in [-0.39, 0.29) is 12.0 Å².